The second-order valence-corrected chi connectivity index (χ2v) is 5.11. The van der Waals surface area contributed by atoms with Crippen molar-refractivity contribution in [3.63, 3.8) is 0 Å². The highest BCUT2D eigenvalue weighted by Crippen LogP contribution is 2.45. The predicted octanol–water partition coefficient (Wildman–Crippen LogP) is 3.12. The molecule has 1 heterocycles. The number of benzene rings is 1. The van der Waals surface area contributed by atoms with Crippen LogP contribution in [0.25, 0.3) is 0 Å². The third-order valence-electron chi connectivity index (χ3n) is 3.83. The van der Waals surface area contributed by atoms with Gasteiger partial charge in [-0.25, -0.2) is 4.79 Å². The average Bonchev–Trinajstić information content (AvgIpc) is 2.85. The molecule has 1 aromatic rings. The lowest BCUT2D eigenvalue weighted by molar-refractivity contribution is -0.274. The number of nitrogens with one attached hydrogen (secondary N) is 1. The highest BCUT2D eigenvalue weighted by Gasteiger charge is 2.41. The Morgan fingerprint density at radius 3 is 2.81 bits per heavy atom. The van der Waals surface area contributed by atoms with E-state index in [0.29, 0.717) is 17.7 Å². The number of carboxylic acids is 1. The second-order valence-electron chi connectivity index (χ2n) is 5.11. The van der Waals surface area contributed by atoms with Gasteiger partial charge in [-0.15, -0.1) is 13.2 Å². The fourth-order valence-electron chi connectivity index (χ4n) is 3.01. The summed E-state index contributed by atoms with van der Waals surface area (Å²) in [7, 11) is 0. The Hall–Kier alpha value is -2.18. The molecule has 2 aliphatic rings. The maximum absolute atomic E-state index is 12.3. The van der Waals surface area contributed by atoms with Gasteiger partial charge in [-0.05, 0) is 30.2 Å². The Morgan fingerprint density at radius 2 is 2.14 bits per heavy atom. The van der Waals surface area contributed by atoms with Crippen LogP contribution < -0.4 is 10.1 Å². The van der Waals surface area contributed by atoms with Gasteiger partial charge in [0, 0.05) is 17.5 Å². The predicted molar refractivity (Wildman–Crippen MR) is 68.2 cm³/mol. The van der Waals surface area contributed by atoms with Crippen LogP contribution in [0.4, 0.5) is 18.9 Å². The molecule has 0 bridgehead atoms. The van der Waals surface area contributed by atoms with Crippen molar-refractivity contribution in [1.82, 2.24) is 0 Å². The smallest absolute Gasteiger partial charge is 0.480 e. The van der Waals surface area contributed by atoms with Gasteiger partial charge >= 0.3 is 12.3 Å². The molecular weight excluding hydrogens is 287 g/mol. The molecule has 0 unspecified atom stereocenters. The first-order valence-electron chi connectivity index (χ1n) is 6.41. The van der Waals surface area contributed by atoms with E-state index in [1.807, 2.05) is 12.2 Å². The van der Waals surface area contributed by atoms with Crippen LogP contribution in [-0.4, -0.2) is 23.5 Å². The van der Waals surface area contributed by atoms with Gasteiger partial charge in [0.15, 0.2) is 0 Å². The Labute approximate surface area is 118 Å². The number of halogens is 3. The number of carbonyl (C=O) groups is 1. The number of carboxylic acid groups (broad SMARTS) is 1. The Kier molecular flexibility index (Phi) is 3.07. The molecule has 0 amide bonds. The number of anilines is 1. The summed E-state index contributed by atoms with van der Waals surface area (Å²) in [5, 5.41) is 12.1. The summed E-state index contributed by atoms with van der Waals surface area (Å²) in [6, 6.07) is 3.18. The van der Waals surface area contributed by atoms with Crippen molar-refractivity contribution < 1.29 is 27.8 Å². The second kappa shape index (κ2) is 4.68. The number of hydrogen-bond donors (Lipinski definition) is 2. The van der Waals surface area contributed by atoms with Crippen LogP contribution in [0.15, 0.2) is 30.4 Å². The summed E-state index contributed by atoms with van der Waals surface area (Å²) in [5.41, 5.74) is 1.16. The molecule has 1 aliphatic heterocycles. The number of fused-ring (bicyclic) bond motifs is 3. The standard InChI is InChI=1S/C14H12F3NO3/c15-14(16,17)21-7-4-5-11-10(6-7)8-2-1-3-9(8)12(18-11)13(19)20/h1-2,4-6,8-9,12,18H,3H2,(H,19,20)/t8-,9+,12+/m0/s1. The van der Waals surface area contributed by atoms with Gasteiger partial charge in [0.25, 0.3) is 0 Å². The monoisotopic (exact) mass is 299 g/mol. The summed E-state index contributed by atoms with van der Waals surface area (Å²) in [4.78, 5) is 11.3. The number of allylic oxidation sites excluding steroid dienone is 2. The van der Waals surface area contributed by atoms with Gasteiger partial charge in [-0.1, -0.05) is 12.2 Å². The van der Waals surface area contributed by atoms with E-state index in [4.69, 9.17) is 0 Å². The zero-order valence-corrected chi connectivity index (χ0v) is 10.7. The quantitative estimate of drug-likeness (QED) is 0.824. The molecule has 7 heteroatoms. The molecule has 1 aliphatic carbocycles. The van der Waals surface area contributed by atoms with Gasteiger partial charge in [-0.3, -0.25) is 0 Å². The number of hydrogen-bond acceptors (Lipinski definition) is 3. The highest BCUT2D eigenvalue weighted by atomic mass is 19.4. The van der Waals surface area contributed by atoms with Crippen LogP contribution >= 0.6 is 0 Å². The normalized spacial score (nSPS) is 26.7. The van der Waals surface area contributed by atoms with Gasteiger partial charge in [0.1, 0.15) is 11.8 Å². The van der Waals surface area contributed by atoms with Crippen LogP contribution in [0.5, 0.6) is 5.75 Å². The Balaban J connectivity index is 1.97. The lowest BCUT2D eigenvalue weighted by Crippen LogP contribution is -2.41. The lowest BCUT2D eigenvalue weighted by atomic mass is 9.79. The molecule has 0 fully saturated rings. The van der Waals surface area contributed by atoms with E-state index in [2.05, 4.69) is 10.1 Å². The summed E-state index contributed by atoms with van der Waals surface area (Å²) in [6.45, 7) is 0. The molecule has 1 aromatic carbocycles. The largest absolute Gasteiger partial charge is 0.573 e. The minimum absolute atomic E-state index is 0.198. The number of aliphatic carboxylic acids is 1. The fraction of sp³-hybridized carbons (Fsp3) is 0.357. The van der Waals surface area contributed by atoms with Crippen molar-refractivity contribution in [2.24, 2.45) is 5.92 Å². The van der Waals surface area contributed by atoms with E-state index in [9.17, 15) is 23.1 Å². The fourth-order valence-corrected chi connectivity index (χ4v) is 3.01. The molecule has 3 rings (SSSR count). The third-order valence-corrected chi connectivity index (χ3v) is 3.83. The van der Waals surface area contributed by atoms with Crippen LogP contribution in [-0.2, 0) is 4.79 Å². The van der Waals surface area contributed by atoms with E-state index < -0.39 is 18.4 Å². The van der Waals surface area contributed by atoms with Gasteiger partial charge in [0.05, 0.1) is 0 Å². The molecule has 21 heavy (non-hydrogen) atoms. The number of alkyl halides is 3. The lowest BCUT2D eigenvalue weighted by Gasteiger charge is -2.34. The third kappa shape index (κ3) is 2.55. The molecule has 0 radical (unpaired) electrons. The molecule has 2 N–H and O–H groups in total. The van der Waals surface area contributed by atoms with E-state index >= 15 is 0 Å². The van der Waals surface area contributed by atoms with Crippen LogP contribution in [0, 0.1) is 5.92 Å². The molecular formula is C14H12F3NO3. The topological polar surface area (TPSA) is 58.6 Å². The summed E-state index contributed by atoms with van der Waals surface area (Å²) >= 11 is 0. The molecule has 0 spiro atoms. The molecule has 0 saturated heterocycles. The SMILES string of the molecule is O=C(O)[C@@H]1Nc2ccc(OC(F)(F)F)cc2[C@H]2C=CC[C@H]21. The van der Waals surface area contributed by atoms with E-state index in [1.54, 1.807) is 0 Å². The maximum Gasteiger partial charge on any atom is 0.573 e. The summed E-state index contributed by atoms with van der Waals surface area (Å²) in [5.74, 6) is -1.67. The Bertz CT molecular complexity index is 612. The number of ether oxygens (including phenoxy) is 1. The van der Waals surface area contributed by atoms with Crippen LogP contribution in [0.1, 0.15) is 17.9 Å². The van der Waals surface area contributed by atoms with Gasteiger partial charge in [0.2, 0.25) is 0 Å². The van der Waals surface area contributed by atoms with Crippen molar-refractivity contribution in [3.8, 4) is 5.75 Å². The minimum Gasteiger partial charge on any atom is -0.480 e. The van der Waals surface area contributed by atoms with Crippen molar-refractivity contribution in [3.05, 3.63) is 35.9 Å². The van der Waals surface area contributed by atoms with Gasteiger partial charge < -0.3 is 15.2 Å². The van der Waals surface area contributed by atoms with Crippen molar-refractivity contribution in [1.29, 1.82) is 0 Å². The molecule has 112 valence electrons. The zero-order chi connectivity index (χ0) is 15.2. The van der Waals surface area contributed by atoms with Crippen molar-refractivity contribution >= 4 is 11.7 Å². The van der Waals surface area contributed by atoms with Gasteiger partial charge in [-0.2, -0.15) is 0 Å². The highest BCUT2D eigenvalue weighted by molar-refractivity contribution is 5.80. The zero-order valence-electron chi connectivity index (χ0n) is 10.7. The maximum atomic E-state index is 12.3. The van der Waals surface area contributed by atoms with Crippen LogP contribution in [0.2, 0.25) is 0 Å². The summed E-state index contributed by atoms with van der Waals surface area (Å²) in [6.07, 6.45) is -0.458. The number of rotatable bonds is 2. The van der Waals surface area contributed by atoms with E-state index in [-0.39, 0.29) is 17.6 Å². The first-order valence-corrected chi connectivity index (χ1v) is 6.41. The average molecular weight is 299 g/mol. The minimum atomic E-state index is -4.75. The molecule has 4 nitrogen and oxygen atoms in total. The molecule has 0 saturated carbocycles. The van der Waals surface area contributed by atoms with Crippen LogP contribution in [0.3, 0.4) is 0 Å². The molecule has 3 atom stereocenters. The van der Waals surface area contributed by atoms with E-state index in [1.165, 1.54) is 18.2 Å². The first kappa shape index (κ1) is 13.8. The Morgan fingerprint density at radius 1 is 1.38 bits per heavy atom. The van der Waals surface area contributed by atoms with Crippen molar-refractivity contribution in [2.75, 3.05) is 5.32 Å². The van der Waals surface area contributed by atoms with Crippen molar-refractivity contribution in [2.45, 2.75) is 24.7 Å². The van der Waals surface area contributed by atoms with E-state index in [0.717, 1.165) is 0 Å². The summed E-state index contributed by atoms with van der Waals surface area (Å²) < 4.78 is 40.8. The molecule has 0 aromatic heterocycles. The first-order chi connectivity index (χ1) is 9.85.